The monoisotopic (exact) mass is 369 g/mol. The predicted molar refractivity (Wildman–Crippen MR) is 56.3 cm³/mol. The van der Waals surface area contributed by atoms with Crippen molar-refractivity contribution in [2.24, 2.45) is 0 Å². The molecule has 0 aromatic rings. The maximum Gasteiger partial charge on any atom is 0.512 e. The van der Waals surface area contributed by atoms with Crippen LogP contribution in [-0.2, 0) is 24.5 Å². The van der Waals surface area contributed by atoms with Crippen LogP contribution in [0.3, 0.4) is 0 Å². The van der Waals surface area contributed by atoms with Crippen LogP contribution in [-0.4, -0.2) is 46.8 Å². The molecule has 0 radical (unpaired) electrons. The second-order valence-electron chi connectivity index (χ2n) is 3.75. The summed E-state index contributed by atoms with van der Waals surface area (Å²) in [4.78, 5) is 0. The van der Waals surface area contributed by atoms with Gasteiger partial charge in [-0.3, -0.25) is 0 Å². The van der Waals surface area contributed by atoms with E-state index in [4.69, 9.17) is 0 Å². The molecular formula is C5H9F6NO5S2Si. The van der Waals surface area contributed by atoms with E-state index in [0.717, 1.165) is 0 Å². The molecule has 0 spiro atoms. The van der Waals surface area contributed by atoms with E-state index >= 15 is 0 Å². The van der Waals surface area contributed by atoms with Crippen LogP contribution in [0.1, 0.15) is 0 Å². The van der Waals surface area contributed by atoms with Gasteiger partial charge in [0.15, 0.2) is 0 Å². The fourth-order valence-electron chi connectivity index (χ4n) is 0.971. The first-order valence-electron chi connectivity index (χ1n) is 4.41. The minimum Gasteiger partial charge on any atom is -0.405 e. The molecule has 122 valence electrons. The fourth-order valence-corrected chi connectivity index (χ4v) is 8.74. The Balaban J connectivity index is 6.51. The number of nitrogens with zero attached hydrogens (tertiary/aromatic N) is 1. The van der Waals surface area contributed by atoms with E-state index in [9.17, 15) is 43.2 Å². The SMILES string of the molecule is CO[Si](C)(C)N(S(=O)(=O)C(F)(F)F)S(=O)(=O)C(F)(F)F. The first-order valence-corrected chi connectivity index (χ1v) is 10.1. The molecule has 6 nitrogen and oxygen atoms in total. The molecule has 0 aromatic carbocycles. The Labute approximate surface area is 111 Å². The van der Waals surface area contributed by atoms with E-state index in [1.54, 1.807) is 0 Å². The lowest BCUT2D eigenvalue weighted by atomic mass is 11.6. The van der Waals surface area contributed by atoms with Crippen molar-refractivity contribution >= 4 is 28.5 Å². The van der Waals surface area contributed by atoms with Gasteiger partial charge in [0, 0.05) is 7.11 Å². The van der Waals surface area contributed by atoms with E-state index in [1.807, 2.05) is 0 Å². The molecule has 0 aliphatic carbocycles. The van der Waals surface area contributed by atoms with Crippen LogP contribution in [0.15, 0.2) is 0 Å². The first-order chi connectivity index (χ1) is 8.43. The zero-order valence-corrected chi connectivity index (χ0v) is 12.7. The molecule has 20 heavy (non-hydrogen) atoms. The minimum atomic E-state index is -6.79. The molecule has 0 rings (SSSR count). The molecule has 0 fully saturated rings. The highest BCUT2D eigenvalue weighted by Gasteiger charge is 2.66. The Morgan fingerprint density at radius 1 is 0.850 bits per heavy atom. The standard InChI is InChI=1S/C5H9F6NO5S2Si/c1-17-20(2,3)12(18(13,14)4(6,7)8)19(15,16)5(9,10)11/h1-3H3. The Kier molecular flexibility index (Phi) is 5.01. The van der Waals surface area contributed by atoms with Crippen LogP contribution < -0.4 is 0 Å². The first kappa shape index (κ1) is 19.6. The van der Waals surface area contributed by atoms with Gasteiger partial charge < -0.3 is 4.43 Å². The van der Waals surface area contributed by atoms with Crippen LogP contribution >= 0.6 is 0 Å². The predicted octanol–water partition coefficient (Wildman–Crippen LogP) is 1.34. The van der Waals surface area contributed by atoms with Crippen LogP contribution in [0.25, 0.3) is 0 Å². The van der Waals surface area contributed by atoms with Crippen molar-refractivity contribution in [1.29, 1.82) is 0 Å². The maximum absolute atomic E-state index is 12.4. The third kappa shape index (κ3) is 3.26. The summed E-state index contributed by atoms with van der Waals surface area (Å²) in [5.41, 5.74) is -12.5. The molecule has 0 saturated carbocycles. The zero-order chi connectivity index (χ0) is 16.8. The van der Waals surface area contributed by atoms with Gasteiger partial charge in [0.2, 0.25) is 0 Å². The average Bonchev–Trinajstić information content (AvgIpc) is 2.12. The molecule has 0 aliphatic heterocycles. The van der Waals surface area contributed by atoms with Crippen molar-refractivity contribution in [3.63, 3.8) is 0 Å². The van der Waals surface area contributed by atoms with E-state index in [-0.39, 0.29) is 0 Å². The molecule has 0 aliphatic rings. The molecule has 0 N–H and O–H groups in total. The molecule has 0 amide bonds. The smallest absolute Gasteiger partial charge is 0.405 e. The lowest BCUT2D eigenvalue weighted by Crippen LogP contribution is -2.62. The summed E-state index contributed by atoms with van der Waals surface area (Å²) < 4.78 is 121. The van der Waals surface area contributed by atoms with Gasteiger partial charge >= 0.3 is 31.1 Å². The van der Waals surface area contributed by atoms with E-state index in [1.165, 1.54) is 0 Å². The van der Waals surface area contributed by atoms with Gasteiger partial charge in [0.05, 0.1) is 0 Å². The number of halogens is 6. The Hall–Kier alpha value is -0.383. The van der Waals surface area contributed by atoms with Crippen molar-refractivity contribution in [3.05, 3.63) is 0 Å². The van der Waals surface area contributed by atoms with Crippen molar-refractivity contribution in [1.82, 2.24) is 3.38 Å². The number of sulfonamides is 2. The van der Waals surface area contributed by atoms with Crippen LogP contribution in [0, 0.1) is 0 Å². The van der Waals surface area contributed by atoms with Crippen LogP contribution in [0.2, 0.25) is 13.1 Å². The maximum atomic E-state index is 12.4. The molecule has 15 heteroatoms. The van der Waals surface area contributed by atoms with Gasteiger partial charge in [-0.25, -0.2) is 16.8 Å². The van der Waals surface area contributed by atoms with Gasteiger partial charge in [0.1, 0.15) is 0 Å². The number of alkyl halides is 6. The summed E-state index contributed by atoms with van der Waals surface area (Å²) in [6.45, 7) is 1.11. The Morgan fingerprint density at radius 2 is 1.10 bits per heavy atom. The van der Waals surface area contributed by atoms with Gasteiger partial charge in [-0.1, -0.05) is 3.38 Å². The number of rotatable bonds is 4. The summed E-state index contributed by atoms with van der Waals surface area (Å²) >= 11 is 0. The third-order valence-corrected chi connectivity index (χ3v) is 11.1. The zero-order valence-electron chi connectivity index (χ0n) is 10.1. The molecule has 0 heterocycles. The largest absolute Gasteiger partial charge is 0.512 e. The highest BCUT2D eigenvalue weighted by atomic mass is 32.3. The molecule has 0 saturated heterocycles. The second-order valence-corrected chi connectivity index (χ2v) is 11.9. The summed E-state index contributed by atoms with van der Waals surface area (Å²) in [6.07, 6.45) is 0. The minimum absolute atomic E-state index is 0.555. The van der Waals surface area contributed by atoms with E-state index < -0.39 is 42.9 Å². The molecule has 0 bridgehead atoms. The van der Waals surface area contributed by atoms with Crippen molar-refractivity contribution in [2.75, 3.05) is 7.11 Å². The van der Waals surface area contributed by atoms with Crippen molar-refractivity contribution in [3.8, 4) is 0 Å². The quantitative estimate of drug-likeness (QED) is 0.552. The molecular weight excluding hydrogens is 360 g/mol. The molecule has 0 unspecified atom stereocenters. The van der Waals surface area contributed by atoms with Crippen molar-refractivity contribution < 1.29 is 47.6 Å². The lowest BCUT2D eigenvalue weighted by molar-refractivity contribution is -0.0514. The summed E-state index contributed by atoms with van der Waals surface area (Å²) in [5.74, 6) is 0. The number of hydrogen-bond donors (Lipinski definition) is 0. The topological polar surface area (TPSA) is 80.8 Å². The summed E-state index contributed by atoms with van der Waals surface area (Å²) in [5, 5.41) is 0. The van der Waals surface area contributed by atoms with E-state index in [0.29, 0.717) is 20.2 Å². The molecule has 0 atom stereocenters. The Morgan fingerprint density at radius 3 is 1.25 bits per heavy atom. The van der Waals surface area contributed by atoms with Gasteiger partial charge in [0.25, 0.3) is 8.48 Å². The summed E-state index contributed by atoms with van der Waals surface area (Å²) in [6, 6.07) is 0. The fraction of sp³-hybridized carbons (Fsp3) is 1.00. The van der Waals surface area contributed by atoms with Crippen LogP contribution in [0.5, 0.6) is 0 Å². The van der Waals surface area contributed by atoms with Gasteiger partial charge in [-0.15, -0.1) is 0 Å². The highest BCUT2D eigenvalue weighted by Crippen LogP contribution is 2.38. The third-order valence-electron chi connectivity index (χ3n) is 1.96. The van der Waals surface area contributed by atoms with Gasteiger partial charge in [-0.2, -0.15) is 26.3 Å². The second kappa shape index (κ2) is 5.11. The summed E-state index contributed by atoms with van der Waals surface area (Å²) in [7, 11) is -17.5. The molecule has 0 aromatic heterocycles. The van der Waals surface area contributed by atoms with E-state index in [2.05, 4.69) is 4.43 Å². The average molecular weight is 369 g/mol. The van der Waals surface area contributed by atoms with Crippen molar-refractivity contribution in [2.45, 2.75) is 24.1 Å². The van der Waals surface area contributed by atoms with Gasteiger partial charge in [-0.05, 0) is 13.1 Å². The van der Waals surface area contributed by atoms with Crippen LogP contribution in [0.4, 0.5) is 26.3 Å². The Bertz CT molecular complexity index is 520. The normalized spacial score (nSPS) is 15.7. The number of hydrogen-bond acceptors (Lipinski definition) is 5. The highest BCUT2D eigenvalue weighted by molar-refractivity contribution is 8.06. The lowest BCUT2D eigenvalue weighted by Gasteiger charge is -2.33.